The Labute approximate surface area is 165 Å². The number of nitriles is 1. The summed E-state index contributed by atoms with van der Waals surface area (Å²) in [6, 6.07) is 9.72. The molecular weight excluding hydrogens is 380 g/mol. The molecule has 2 aromatic rings. The number of nitrogens with zero attached hydrogens (tertiary/aromatic N) is 4. The zero-order chi connectivity index (χ0) is 21.0. The number of pyridine rings is 1. The first kappa shape index (κ1) is 19.9. The molecule has 0 N–H and O–H groups in total. The van der Waals surface area contributed by atoms with Crippen LogP contribution in [0.1, 0.15) is 12.5 Å². The van der Waals surface area contributed by atoms with Crippen molar-refractivity contribution in [2.24, 2.45) is 0 Å². The van der Waals surface area contributed by atoms with E-state index < -0.39 is 40.3 Å². The topological polar surface area (TPSA) is 128 Å². The van der Waals surface area contributed by atoms with E-state index in [2.05, 4.69) is 0 Å². The molecule has 10 nitrogen and oxygen atoms in total. The Kier molecular flexibility index (Phi) is 5.78. The largest absolute Gasteiger partial charge is 0.486 e. The van der Waals surface area contributed by atoms with Gasteiger partial charge in [-0.05, 0) is 19.1 Å². The zero-order valence-electron chi connectivity index (χ0n) is 15.6. The average Bonchev–Trinajstić information content (AvgIpc) is 2.73. The first-order chi connectivity index (χ1) is 13.9. The van der Waals surface area contributed by atoms with Gasteiger partial charge in [-0.1, -0.05) is 12.1 Å². The number of amides is 1. The lowest BCUT2D eigenvalue weighted by molar-refractivity contribution is -0.385. The Hall–Kier alpha value is -3.87. The lowest BCUT2D eigenvalue weighted by Crippen LogP contribution is -2.45. The van der Waals surface area contributed by atoms with Crippen LogP contribution in [0.3, 0.4) is 0 Å². The normalized spacial score (nSPS) is 14.7. The van der Waals surface area contributed by atoms with Crippen LogP contribution in [0.4, 0.5) is 5.69 Å². The van der Waals surface area contributed by atoms with Crippen LogP contribution in [0.2, 0.25) is 0 Å². The lowest BCUT2D eigenvalue weighted by Gasteiger charge is -2.31. The van der Waals surface area contributed by atoms with Crippen molar-refractivity contribution in [1.29, 1.82) is 5.26 Å². The zero-order valence-corrected chi connectivity index (χ0v) is 15.6. The first-order valence-electron chi connectivity index (χ1n) is 8.88. The number of hydrogen-bond donors (Lipinski definition) is 0. The third-order valence-electron chi connectivity index (χ3n) is 4.43. The molecule has 0 spiro atoms. The molecule has 1 unspecified atom stereocenters. The molecule has 0 radical (unpaired) electrons. The van der Waals surface area contributed by atoms with Crippen molar-refractivity contribution in [2.75, 3.05) is 19.7 Å². The van der Waals surface area contributed by atoms with Crippen molar-refractivity contribution < 1.29 is 19.2 Å². The number of likely N-dealkylation sites (N-methyl/N-ethyl adjacent to an activating group) is 1. The van der Waals surface area contributed by atoms with Gasteiger partial charge in [-0.2, -0.15) is 5.26 Å². The third kappa shape index (κ3) is 4.35. The Morgan fingerprint density at radius 2 is 2.14 bits per heavy atom. The highest BCUT2D eigenvalue weighted by atomic mass is 16.6. The van der Waals surface area contributed by atoms with Gasteiger partial charge in [0.15, 0.2) is 17.6 Å². The number of benzene rings is 1. The van der Waals surface area contributed by atoms with Crippen LogP contribution in [0.5, 0.6) is 11.5 Å². The standard InChI is InChI=1S/C19H18N4O6/c1-2-21(10-15-12-28-16-5-3-4-6-17(16)29-15)18(24)11-22-9-14(23(26)27)7-13(8-20)19(22)25/h3-7,9,15H,2,10-12H2,1H3. The molecule has 0 aliphatic carbocycles. The fraction of sp³-hybridized carbons (Fsp3) is 0.316. The van der Waals surface area contributed by atoms with Gasteiger partial charge >= 0.3 is 0 Å². The molecule has 3 rings (SSSR count). The van der Waals surface area contributed by atoms with Crippen molar-refractivity contribution in [3.05, 3.63) is 62.6 Å². The Morgan fingerprint density at radius 3 is 2.79 bits per heavy atom. The highest BCUT2D eigenvalue weighted by Gasteiger charge is 2.25. The van der Waals surface area contributed by atoms with E-state index in [-0.39, 0.29) is 13.2 Å². The summed E-state index contributed by atoms with van der Waals surface area (Å²) in [6.07, 6.45) is 0.566. The molecule has 0 saturated carbocycles. The van der Waals surface area contributed by atoms with Crippen molar-refractivity contribution in [3.8, 4) is 17.6 Å². The number of nitro groups is 1. The Morgan fingerprint density at radius 1 is 1.41 bits per heavy atom. The molecule has 10 heteroatoms. The molecule has 0 bridgehead atoms. The van der Waals surface area contributed by atoms with Gasteiger partial charge in [-0.15, -0.1) is 0 Å². The van der Waals surface area contributed by atoms with Gasteiger partial charge in [-0.3, -0.25) is 24.3 Å². The summed E-state index contributed by atoms with van der Waals surface area (Å²) < 4.78 is 12.4. The smallest absolute Gasteiger partial charge is 0.287 e. The number of ether oxygens (including phenoxy) is 2. The SMILES string of the molecule is CCN(CC1COc2ccccc2O1)C(=O)Cn1cc([N+](=O)[O-])cc(C#N)c1=O. The number of para-hydroxylation sites is 2. The summed E-state index contributed by atoms with van der Waals surface area (Å²) >= 11 is 0. The van der Waals surface area contributed by atoms with Gasteiger partial charge in [0.1, 0.15) is 24.8 Å². The number of hydrogen-bond acceptors (Lipinski definition) is 7. The van der Waals surface area contributed by atoms with Crippen LogP contribution >= 0.6 is 0 Å². The molecule has 1 aromatic heterocycles. The van der Waals surface area contributed by atoms with Crippen LogP contribution in [-0.2, 0) is 11.3 Å². The summed E-state index contributed by atoms with van der Waals surface area (Å²) in [4.78, 5) is 36.7. The summed E-state index contributed by atoms with van der Waals surface area (Å²) in [7, 11) is 0. The predicted molar refractivity (Wildman–Crippen MR) is 101 cm³/mol. The highest BCUT2D eigenvalue weighted by Crippen LogP contribution is 2.31. The number of rotatable bonds is 6. The highest BCUT2D eigenvalue weighted by molar-refractivity contribution is 5.76. The second-order valence-corrected chi connectivity index (χ2v) is 6.34. The minimum atomic E-state index is -0.756. The molecule has 0 fully saturated rings. The van der Waals surface area contributed by atoms with E-state index in [0.717, 1.165) is 16.8 Å². The van der Waals surface area contributed by atoms with Crippen LogP contribution in [-0.4, -0.2) is 46.1 Å². The number of fused-ring (bicyclic) bond motifs is 1. The van der Waals surface area contributed by atoms with Gasteiger partial charge in [0, 0.05) is 12.6 Å². The molecule has 150 valence electrons. The lowest BCUT2D eigenvalue weighted by atomic mass is 10.2. The van der Waals surface area contributed by atoms with Crippen LogP contribution in [0.15, 0.2) is 41.3 Å². The summed E-state index contributed by atoms with van der Waals surface area (Å²) in [5.41, 5.74) is -1.58. The molecule has 29 heavy (non-hydrogen) atoms. The maximum Gasteiger partial charge on any atom is 0.287 e. The van der Waals surface area contributed by atoms with Crippen LogP contribution < -0.4 is 15.0 Å². The van der Waals surface area contributed by atoms with Crippen LogP contribution in [0, 0.1) is 21.4 Å². The van der Waals surface area contributed by atoms with Crippen molar-refractivity contribution in [3.63, 3.8) is 0 Å². The monoisotopic (exact) mass is 398 g/mol. The summed E-state index contributed by atoms with van der Waals surface area (Å²) in [5, 5.41) is 20.1. The fourth-order valence-electron chi connectivity index (χ4n) is 2.97. The molecule has 2 heterocycles. The molecular formula is C19H18N4O6. The van der Waals surface area contributed by atoms with Gasteiger partial charge in [0.25, 0.3) is 11.2 Å². The Bertz CT molecular complexity index is 1040. The average molecular weight is 398 g/mol. The Balaban J connectivity index is 1.74. The van der Waals surface area contributed by atoms with E-state index in [9.17, 15) is 19.7 Å². The molecule has 0 saturated heterocycles. The van der Waals surface area contributed by atoms with E-state index in [0.29, 0.717) is 18.0 Å². The van der Waals surface area contributed by atoms with E-state index in [1.54, 1.807) is 25.1 Å². The van der Waals surface area contributed by atoms with Gasteiger partial charge in [-0.25, -0.2) is 0 Å². The molecule has 1 atom stereocenters. The molecule has 1 amide bonds. The van der Waals surface area contributed by atoms with Crippen molar-refractivity contribution in [2.45, 2.75) is 19.6 Å². The van der Waals surface area contributed by atoms with Gasteiger partial charge < -0.3 is 14.4 Å². The number of carbonyl (C=O) groups is 1. The number of carbonyl (C=O) groups excluding carboxylic acids is 1. The quantitative estimate of drug-likeness (QED) is 0.530. The molecule has 1 aliphatic rings. The third-order valence-corrected chi connectivity index (χ3v) is 4.43. The summed E-state index contributed by atoms with van der Waals surface area (Å²) in [5.74, 6) is 0.785. The van der Waals surface area contributed by atoms with Crippen molar-refractivity contribution >= 4 is 11.6 Å². The van der Waals surface area contributed by atoms with Gasteiger partial charge in [0.05, 0.1) is 17.7 Å². The summed E-state index contributed by atoms with van der Waals surface area (Å²) in [6.45, 7) is 2.17. The molecule has 1 aliphatic heterocycles. The minimum Gasteiger partial charge on any atom is -0.486 e. The number of aromatic nitrogens is 1. The maximum absolute atomic E-state index is 12.7. The second-order valence-electron chi connectivity index (χ2n) is 6.34. The minimum absolute atomic E-state index is 0.221. The van der Waals surface area contributed by atoms with E-state index >= 15 is 0 Å². The maximum atomic E-state index is 12.7. The van der Waals surface area contributed by atoms with E-state index in [1.807, 2.05) is 12.1 Å². The van der Waals surface area contributed by atoms with E-state index in [4.69, 9.17) is 14.7 Å². The van der Waals surface area contributed by atoms with Crippen molar-refractivity contribution in [1.82, 2.24) is 9.47 Å². The van der Waals surface area contributed by atoms with E-state index in [1.165, 1.54) is 4.90 Å². The first-order valence-corrected chi connectivity index (χ1v) is 8.88. The molecule has 1 aromatic carbocycles. The fourth-order valence-corrected chi connectivity index (χ4v) is 2.97. The van der Waals surface area contributed by atoms with Crippen LogP contribution in [0.25, 0.3) is 0 Å². The second kappa shape index (κ2) is 8.43. The predicted octanol–water partition coefficient (Wildman–Crippen LogP) is 1.32. The van der Waals surface area contributed by atoms with Gasteiger partial charge in [0.2, 0.25) is 5.91 Å².